The number of nitrogens with zero attached hydrogens (tertiary/aromatic N) is 2. The Kier molecular flexibility index (Phi) is 7.39. The third-order valence-electron chi connectivity index (χ3n) is 3.99. The van der Waals surface area contributed by atoms with Crippen molar-refractivity contribution in [3.05, 3.63) is 0 Å². The van der Waals surface area contributed by atoms with Crippen molar-refractivity contribution in [3.8, 4) is 0 Å². The Labute approximate surface area is 133 Å². The van der Waals surface area contributed by atoms with Crippen molar-refractivity contribution in [1.29, 1.82) is 0 Å². The lowest BCUT2D eigenvalue weighted by Gasteiger charge is -2.38. The summed E-state index contributed by atoms with van der Waals surface area (Å²) in [4.78, 5) is 14.4. The summed E-state index contributed by atoms with van der Waals surface area (Å²) < 4.78 is 26.1. The van der Waals surface area contributed by atoms with E-state index in [2.05, 4.69) is 5.32 Å². The van der Waals surface area contributed by atoms with Gasteiger partial charge in [-0.2, -0.15) is 4.31 Å². The molecule has 0 aliphatic carbocycles. The van der Waals surface area contributed by atoms with Crippen molar-refractivity contribution in [2.75, 3.05) is 38.5 Å². The first-order chi connectivity index (χ1) is 9.56. The van der Waals surface area contributed by atoms with E-state index in [0.717, 1.165) is 25.9 Å². The van der Waals surface area contributed by atoms with Crippen LogP contribution in [0.25, 0.3) is 0 Å². The molecule has 124 valence electrons. The summed E-state index contributed by atoms with van der Waals surface area (Å²) in [6.07, 6.45) is 3.04. The molecule has 2 heterocycles. The molecule has 0 aromatic rings. The fraction of sp³-hybridized carbons (Fsp3) is 0.923. The molecular weight excluding hydrogens is 314 g/mol. The monoisotopic (exact) mass is 339 g/mol. The summed E-state index contributed by atoms with van der Waals surface area (Å²) in [5.41, 5.74) is 0. The molecule has 1 unspecified atom stereocenters. The number of hydrogen-bond donors (Lipinski definition) is 1. The van der Waals surface area contributed by atoms with Gasteiger partial charge in [0.25, 0.3) is 0 Å². The van der Waals surface area contributed by atoms with Gasteiger partial charge in [0.2, 0.25) is 15.9 Å². The average molecular weight is 340 g/mol. The molecule has 6 nitrogen and oxygen atoms in total. The van der Waals surface area contributed by atoms with Crippen molar-refractivity contribution in [1.82, 2.24) is 14.5 Å². The smallest absolute Gasteiger partial charge is 0.241 e. The van der Waals surface area contributed by atoms with E-state index in [1.54, 1.807) is 4.90 Å². The molecule has 0 saturated carbocycles. The van der Waals surface area contributed by atoms with Gasteiger partial charge in [-0.15, -0.1) is 12.4 Å². The number of sulfonamides is 1. The molecule has 0 aromatic heterocycles. The summed E-state index contributed by atoms with van der Waals surface area (Å²) in [6, 6.07) is -0.474. The quantitative estimate of drug-likeness (QED) is 0.806. The summed E-state index contributed by atoms with van der Waals surface area (Å²) in [6.45, 7) is 5.29. The summed E-state index contributed by atoms with van der Waals surface area (Å²) >= 11 is 0. The van der Waals surface area contributed by atoms with Gasteiger partial charge in [-0.3, -0.25) is 4.79 Å². The molecule has 0 radical (unpaired) electrons. The second-order valence-electron chi connectivity index (χ2n) is 5.51. The molecule has 2 saturated heterocycles. The molecule has 2 rings (SSSR count). The number of carbonyl (C=O) groups is 1. The number of rotatable bonds is 4. The van der Waals surface area contributed by atoms with Crippen LogP contribution >= 0.6 is 12.4 Å². The number of piperazine rings is 1. The standard InChI is InChI=1S/C13H25N3O3S.ClH/c1-2-11-20(18,19)16-8-4-3-5-12(16)13(17)15-9-6-14-7-10-15;/h12,14H,2-11H2,1H3;1H. The van der Waals surface area contributed by atoms with Crippen molar-refractivity contribution >= 4 is 28.3 Å². The predicted molar refractivity (Wildman–Crippen MR) is 85.1 cm³/mol. The van der Waals surface area contributed by atoms with Crippen LogP contribution in [-0.4, -0.2) is 68.0 Å². The van der Waals surface area contributed by atoms with E-state index < -0.39 is 16.1 Å². The topological polar surface area (TPSA) is 69.7 Å². The van der Waals surface area contributed by atoms with Crippen molar-refractivity contribution in [2.24, 2.45) is 0 Å². The van der Waals surface area contributed by atoms with Gasteiger partial charge in [0.1, 0.15) is 6.04 Å². The van der Waals surface area contributed by atoms with Gasteiger partial charge in [0.15, 0.2) is 0 Å². The maximum atomic E-state index is 12.6. The van der Waals surface area contributed by atoms with Gasteiger partial charge < -0.3 is 10.2 Å². The maximum Gasteiger partial charge on any atom is 0.241 e. The van der Waals surface area contributed by atoms with Crippen LogP contribution < -0.4 is 5.32 Å². The molecule has 0 spiro atoms. The summed E-state index contributed by atoms with van der Waals surface area (Å²) in [7, 11) is -3.30. The predicted octanol–water partition coefficient (Wildman–Crippen LogP) is 0.434. The van der Waals surface area contributed by atoms with Crippen molar-refractivity contribution < 1.29 is 13.2 Å². The Balaban J connectivity index is 0.00000220. The van der Waals surface area contributed by atoms with E-state index in [0.29, 0.717) is 32.5 Å². The summed E-state index contributed by atoms with van der Waals surface area (Å²) in [5.74, 6) is 0.129. The number of nitrogens with one attached hydrogen (secondary N) is 1. The van der Waals surface area contributed by atoms with E-state index in [9.17, 15) is 13.2 Å². The lowest BCUT2D eigenvalue weighted by atomic mass is 10.0. The molecule has 8 heteroatoms. The Bertz CT molecular complexity index is 438. The van der Waals surface area contributed by atoms with Gasteiger partial charge >= 0.3 is 0 Å². The van der Waals surface area contributed by atoms with E-state index in [4.69, 9.17) is 0 Å². The number of carbonyl (C=O) groups excluding carboxylic acids is 1. The van der Waals surface area contributed by atoms with Crippen molar-refractivity contribution in [3.63, 3.8) is 0 Å². The van der Waals surface area contributed by atoms with Gasteiger partial charge in [0, 0.05) is 32.7 Å². The zero-order chi connectivity index (χ0) is 14.6. The normalized spacial score (nSPS) is 24.4. The number of piperidine rings is 1. The van der Waals surface area contributed by atoms with E-state index in [-0.39, 0.29) is 24.1 Å². The molecule has 1 atom stereocenters. The molecule has 0 bridgehead atoms. The molecule has 2 aliphatic heterocycles. The minimum absolute atomic E-state index is 0. The van der Waals surface area contributed by atoms with E-state index >= 15 is 0 Å². The fourth-order valence-electron chi connectivity index (χ4n) is 2.96. The van der Waals surface area contributed by atoms with Gasteiger partial charge in [-0.05, 0) is 19.3 Å². The number of halogens is 1. The van der Waals surface area contributed by atoms with Crippen LogP contribution in [0.1, 0.15) is 32.6 Å². The van der Waals surface area contributed by atoms with Crippen LogP contribution in [0.4, 0.5) is 0 Å². The highest BCUT2D eigenvalue weighted by molar-refractivity contribution is 7.89. The van der Waals surface area contributed by atoms with Crippen LogP contribution in [0, 0.1) is 0 Å². The Hall–Kier alpha value is -0.370. The molecule has 2 aliphatic rings. The molecule has 1 N–H and O–H groups in total. The first-order valence-corrected chi connectivity index (χ1v) is 9.16. The molecule has 1 amide bonds. The average Bonchev–Trinajstić information content (AvgIpc) is 2.47. The molecule has 21 heavy (non-hydrogen) atoms. The fourth-order valence-corrected chi connectivity index (χ4v) is 4.70. The highest BCUT2D eigenvalue weighted by Crippen LogP contribution is 2.23. The van der Waals surface area contributed by atoms with Crippen LogP contribution in [-0.2, 0) is 14.8 Å². The van der Waals surface area contributed by atoms with Crippen LogP contribution in [0.15, 0.2) is 0 Å². The van der Waals surface area contributed by atoms with E-state index in [1.165, 1.54) is 4.31 Å². The first kappa shape index (κ1) is 18.7. The molecular formula is C13H26ClN3O3S. The lowest BCUT2D eigenvalue weighted by Crippen LogP contribution is -2.56. The molecule has 0 aromatic carbocycles. The SMILES string of the molecule is CCCS(=O)(=O)N1CCCCC1C(=O)N1CCNCC1.Cl. The van der Waals surface area contributed by atoms with Crippen LogP contribution in [0.2, 0.25) is 0 Å². The maximum absolute atomic E-state index is 12.6. The van der Waals surface area contributed by atoms with E-state index in [1.807, 2.05) is 6.92 Å². The van der Waals surface area contributed by atoms with Gasteiger partial charge in [0.05, 0.1) is 5.75 Å². The number of hydrogen-bond acceptors (Lipinski definition) is 4. The minimum Gasteiger partial charge on any atom is -0.339 e. The second-order valence-corrected chi connectivity index (χ2v) is 7.55. The van der Waals surface area contributed by atoms with Crippen LogP contribution in [0.5, 0.6) is 0 Å². The Morgan fingerprint density at radius 2 is 1.86 bits per heavy atom. The van der Waals surface area contributed by atoms with Gasteiger partial charge in [-0.1, -0.05) is 13.3 Å². The third kappa shape index (κ3) is 4.55. The Morgan fingerprint density at radius 3 is 2.48 bits per heavy atom. The highest BCUT2D eigenvalue weighted by atomic mass is 35.5. The summed E-state index contributed by atoms with van der Waals surface area (Å²) in [5, 5.41) is 3.21. The van der Waals surface area contributed by atoms with Gasteiger partial charge in [-0.25, -0.2) is 8.42 Å². The van der Waals surface area contributed by atoms with Crippen LogP contribution in [0.3, 0.4) is 0 Å². The second kappa shape index (κ2) is 8.31. The zero-order valence-corrected chi connectivity index (χ0v) is 14.2. The largest absolute Gasteiger partial charge is 0.339 e. The molecule has 2 fully saturated rings. The number of amides is 1. The van der Waals surface area contributed by atoms with Crippen molar-refractivity contribution in [2.45, 2.75) is 38.6 Å². The Morgan fingerprint density at radius 1 is 1.19 bits per heavy atom. The third-order valence-corrected chi connectivity index (χ3v) is 6.06. The lowest BCUT2D eigenvalue weighted by molar-refractivity contribution is -0.136. The first-order valence-electron chi connectivity index (χ1n) is 7.55. The zero-order valence-electron chi connectivity index (χ0n) is 12.6. The minimum atomic E-state index is -3.30. The highest BCUT2D eigenvalue weighted by Gasteiger charge is 2.38.